The minimum atomic E-state index is -0.926. The molecule has 2 aromatic rings. The summed E-state index contributed by atoms with van der Waals surface area (Å²) in [5.41, 5.74) is -0.926. The molecule has 1 heterocycles. The van der Waals surface area contributed by atoms with Crippen molar-refractivity contribution in [2.45, 2.75) is 25.3 Å². The Bertz CT molecular complexity index is 853. The van der Waals surface area contributed by atoms with Crippen LogP contribution >= 0.6 is 11.3 Å². The number of nitriles is 1. The molecule has 1 aromatic carbocycles. The molecule has 3 rings (SSSR count). The fourth-order valence-corrected chi connectivity index (χ4v) is 3.50. The number of hydrogen-bond acceptors (Lipinski definition) is 5. The maximum Gasteiger partial charge on any atom is 0.348 e. The Labute approximate surface area is 142 Å². The summed E-state index contributed by atoms with van der Waals surface area (Å²) in [7, 11) is 0. The molecule has 0 unspecified atom stereocenters. The molecule has 1 aromatic heterocycles. The third-order valence-electron chi connectivity index (χ3n) is 4.07. The minimum absolute atomic E-state index is 0.146. The molecule has 1 N–H and O–H groups in total. The molecular formula is C17H15FN2O3S. The van der Waals surface area contributed by atoms with Gasteiger partial charge < -0.3 is 10.1 Å². The fourth-order valence-electron chi connectivity index (χ4n) is 2.54. The molecule has 124 valence electrons. The number of fused-ring (bicyclic) bond motifs is 1. The lowest BCUT2D eigenvalue weighted by Crippen LogP contribution is -2.48. The summed E-state index contributed by atoms with van der Waals surface area (Å²) in [4.78, 5) is 24.2. The van der Waals surface area contributed by atoms with Crippen LogP contribution in [0.1, 0.15) is 29.4 Å². The standard InChI is InChI=1S/C17H15FN2O3S/c1-17(9-19,10-5-6-10)20-15(21)8-23-16(22)14-7-11-12(18)3-2-4-13(11)24-14/h2-4,7,10H,5-6,8H2,1H3,(H,20,21)/t17-/m1/s1. The number of benzene rings is 1. The third-order valence-corrected chi connectivity index (χ3v) is 5.15. The van der Waals surface area contributed by atoms with Crippen molar-refractivity contribution in [1.29, 1.82) is 5.26 Å². The molecule has 0 aliphatic heterocycles. The van der Waals surface area contributed by atoms with E-state index in [1.807, 2.05) is 0 Å². The SMILES string of the molecule is C[C@](C#N)(NC(=O)COC(=O)c1cc2c(F)cccc2s1)C1CC1. The van der Waals surface area contributed by atoms with Crippen molar-refractivity contribution in [3.8, 4) is 6.07 Å². The number of amides is 1. The molecule has 7 heteroatoms. The summed E-state index contributed by atoms with van der Waals surface area (Å²) in [6.07, 6.45) is 1.80. The van der Waals surface area contributed by atoms with E-state index >= 15 is 0 Å². The van der Waals surface area contributed by atoms with Gasteiger partial charge in [-0.2, -0.15) is 5.26 Å². The first-order valence-corrected chi connectivity index (χ1v) is 8.32. The molecule has 0 bridgehead atoms. The molecule has 5 nitrogen and oxygen atoms in total. The Hall–Kier alpha value is -2.46. The van der Waals surface area contributed by atoms with Crippen LogP contribution in [0.15, 0.2) is 24.3 Å². The van der Waals surface area contributed by atoms with Crippen LogP contribution < -0.4 is 5.32 Å². The second-order valence-corrected chi connectivity index (χ2v) is 7.06. The number of nitrogens with zero attached hydrogens (tertiary/aromatic N) is 1. The molecule has 1 amide bonds. The topological polar surface area (TPSA) is 79.2 Å². The van der Waals surface area contributed by atoms with Crippen LogP contribution in [-0.4, -0.2) is 24.0 Å². The molecule has 1 fully saturated rings. The number of thiophene rings is 1. The van der Waals surface area contributed by atoms with Crippen LogP contribution in [0.4, 0.5) is 4.39 Å². The third kappa shape index (κ3) is 3.24. The first kappa shape index (κ1) is 16.4. The molecule has 0 radical (unpaired) electrons. The van der Waals surface area contributed by atoms with Crippen molar-refractivity contribution in [2.75, 3.05) is 6.61 Å². The van der Waals surface area contributed by atoms with Crippen molar-refractivity contribution < 1.29 is 18.7 Å². The van der Waals surface area contributed by atoms with Gasteiger partial charge in [-0.15, -0.1) is 11.3 Å². The highest BCUT2D eigenvalue weighted by atomic mass is 32.1. The monoisotopic (exact) mass is 346 g/mol. The Balaban J connectivity index is 1.61. The van der Waals surface area contributed by atoms with Crippen LogP contribution in [0.25, 0.3) is 10.1 Å². The van der Waals surface area contributed by atoms with E-state index < -0.39 is 29.8 Å². The van der Waals surface area contributed by atoms with Gasteiger partial charge in [0.25, 0.3) is 5.91 Å². The van der Waals surface area contributed by atoms with Crippen molar-refractivity contribution >= 4 is 33.3 Å². The average molecular weight is 346 g/mol. The zero-order valence-electron chi connectivity index (χ0n) is 13.0. The number of rotatable bonds is 5. The van der Waals surface area contributed by atoms with Gasteiger partial charge in [0.1, 0.15) is 16.2 Å². The zero-order chi connectivity index (χ0) is 17.3. The molecular weight excluding hydrogens is 331 g/mol. The minimum Gasteiger partial charge on any atom is -0.451 e. The zero-order valence-corrected chi connectivity index (χ0v) is 13.8. The molecule has 1 aliphatic carbocycles. The molecule has 0 saturated heterocycles. The van der Waals surface area contributed by atoms with Gasteiger partial charge in [-0.25, -0.2) is 9.18 Å². The normalized spacial score (nSPS) is 16.2. The van der Waals surface area contributed by atoms with E-state index in [1.165, 1.54) is 12.1 Å². The highest BCUT2D eigenvalue weighted by Gasteiger charge is 2.43. The van der Waals surface area contributed by atoms with E-state index in [4.69, 9.17) is 4.74 Å². The summed E-state index contributed by atoms with van der Waals surface area (Å²) in [6.45, 7) is 1.19. The maximum atomic E-state index is 13.6. The Morgan fingerprint density at radius 1 is 1.50 bits per heavy atom. The van der Waals surface area contributed by atoms with Crippen molar-refractivity contribution in [2.24, 2.45) is 5.92 Å². The van der Waals surface area contributed by atoms with Crippen LogP contribution in [0.5, 0.6) is 0 Å². The number of ether oxygens (including phenoxy) is 1. The van der Waals surface area contributed by atoms with E-state index in [0.29, 0.717) is 10.1 Å². The number of halogens is 1. The molecule has 1 atom stereocenters. The highest BCUT2D eigenvalue weighted by Crippen LogP contribution is 2.39. The summed E-state index contributed by atoms with van der Waals surface area (Å²) < 4.78 is 19.3. The van der Waals surface area contributed by atoms with Crippen LogP contribution in [0.2, 0.25) is 0 Å². The highest BCUT2D eigenvalue weighted by molar-refractivity contribution is 7.20. The van der Waals surface area contributed by atoms with Crippen molar-refractivity contribution in [3.63, 3.8) is 0 Å². The van der Waals surface area contributed by atoms with E-state index in [0.717, 1.165) is 24.2 Å². The summed E-state index contributed by atoms with van der Waals surface area (Å²) >= 11 is 1.11. The predicted octanol–water partition coefficient (Wildman–Crippen LogP) is 3.01. The number of hydrogen-bond donors (Lipinski definition) is 1. The molecule has 1 saturated carbocycles. The smallest absolute Gasteiger partial charge is 0.348 e. The van der Waals surface area contributed by atoms with E-state index in [-0.39, 0.29) is 10.8 Å². The van der Waals surface area contributed by atoms with E-state index in [9.17, 15) is 19.2 Å². The van der Waals surface area contributed by atoms with Crippen molar-refractivity contribution in [1.82, 2.24) is 5.32 Å². The first-order chi connectivity index (χ1) is 11.4. The number of carbonyl (C=O) groups excluding carboxylic acids is 2. The van der Waals surface area contributed by atoms with Gasteiger partial charge in [0.2, 0.25) is 0 Å². The van der Waals surface area contributed by atoms with Crippen LogP contribution in [0, 0.1) is 23.1 Å². The predicted molar refractivity (Wildman–Crippen MR) is 87.0 cm³/mol. The van der Waals surface area contributed by atoms with Crippen LogP contribution in [0.3, 0.4) is 0 Å². The summed E-state index contributed by atoms with van der Waals surface area (Å²) in [6, 6.07) is 8.11. The maximum absolute atomic E-state index is 13.6. The Morgan fingerprint density at radius 2 is 2.25 bits per heavy atom. The summed E-state index contributed by atoms with van der Waals surface area (Å²) in [5.74, 6) is -1.47. The molecule has 1 aliphatic rings. The van der Waals surface area contributed by atoms with Crippen molar-refractivity contribution in [3.05, 3.63) is 35.0 Å². The van der Waals surface area contributed by atoms with E-state index in [2.05, 4.69) is 11.4 Å². The lowest BCUT2D eigenvalue weighted by molar-refractivity contribution is -0.125. The fraction of sp³-hybridized carbons (Fsp3) is 0.353. The Morgan fingerprint density at radius 3 is 2.88 bits per heavy atom. The Kier molecular flexibility index (Phi) is 4.24. The van der Waals surface area contributed by atoms with Gasteiger partial charge in [0.15, 0.2) is 6.61 Å². The lowest BCUT2D eigenvalue weighted by Gasteiger charge is -2.22. The van der Waals surface area contributed by atoms with Gasteiger partial charge in [0, 0.05) is 10.1 Å². The second kappa shape index (κ2) is 6.21. The number of carbonyl (C=O) groups is 2. The number of esters is 1. The van der Waals surface area contributed by atoms with Gasteiger partial charge in [0.05, 0.1) is 6.07 Å². The lowest BCUT2D eigenvalue weighted by atomic mass is 9.98. The van der Waals surface area contributed by atoms with E-state index in [1.54, 1.807) is 19.1 Å². The largest absolute Gasteiger partial charge is 0.451 e. The quantitative estimate of drug-likeness (QED) is 0.844. The van der Waals surface area contributed by atoms with Gasteiger partial charge >= 0.3 is 5.97 Å². The van der Waals surface area contributed by atoms with Gasteiger partial charge in [-0.3, -0.25) is 4.79 Å². The average Bonchev–Trinajstić information content (AvgIpc) is 3.32. The summed E-state index contributed by atoms with van der Waals surface area (Å²) in [5, 5.41) is 12.2. The van der Waals surface area contributed by atoms with Gasteiger partial charge in [-0.05, 0) is 43.9 Å². The number of nitrogens with one attached hydrogen (secondary N) is 1. The second-order valence-electron chi connectivity index (χ2n) is 5.98. The molecule has 0 spiro atoms. The van der Waals surface area contributed by atoms with Crippen LogP contribution in [-0.2, 0) is 9.53 Å². The van der Waals surface area contributed by atoms with Gasteiger partial charge in [-0.1, -0.05) is 6.07 Å². The molecule has 24 heavy (non-hydrogen) atoms. The first-order valence-electron chi connectivity index (χ1n) is 7.50.